The topological polar surface area (TPSA) is 44.8 Å². The second kappa shape index (κ2) is 6.47. The monoisotopic (exact) mass is 248 g/mol. The summed E-state index contributed by atoms with van der Waals surface area (Å²) in [5, 5.41) is 0. The van der Waals surface area contributed by atoms with Gasteiger partial charge in [0.05, 0.1) is 12.2 Å². The van der Waals surface area contributed by atoms with Crippen molar-refractivity contribution < 1.29 is 19.0 Å². The first-order chi connectivity index (χ1) is 7.58. The van der Waals surface area contributed by atoms with E-state index in [2.05, 4.69) is 6.92 Å². The van der Waals surface area contributed by atoms with Crippen LogP contribution < -0.4 is 0 Å². The van der Waals surface area contributed by atoms with Gasteiger partial charge in [0.25, 0.3) is 0 Å². The molecule has 1 aliphatic heterocycles. The minimum Gasteiger partial charge on any atom is -0.457 e. The van der Waals surface area contributed by atoms with Crippen LogP contribution in [0.15, 0.2) is 0 Å². The molecule has 1 heterocycles. The highest BCUT2D eigenvalue weighted by Crippen LogP contribution is 2.30. The number of carbonyl (C=O) groups excluding carboxylic acids is 1. The molecule has 0 aromatic heterocycles. The van der Waals surface area contributed by atoms with Crippen molar-refractivity contribution in [1.29, 1.82) is 0 Å². The molecule has 0 saturated carbocycles. The molecule has 1 fully saturated rings. The Bertz CT molecular complexity index is 234. The Morgan fingerprint density at radius 2 is 2.25 bits per heavy atom. The zero-order chi connectivity index (χ0) is 12.1. The summed E-state index contributed by atoms with van der Waals surface area (Å²) in [5.41, 5.74) is 0.136. The molecule has 0 aromatic rings. The Balaban J connectivity index is 2.61. The third-order valence-electron chi connectivity index (χ3n) is 2.58. The molecule has 0 N–H and O–H groups in total. The van der Waals surface area contributed by atoms with Crippen molar-refractivity contribution in [1.82, 2.24) is 0 Å². The van der Waals surface area contributed by atoms with Gasteiger partial charge in [0, 0.05) is 20.5 Å². The van der Waals surface area contributed by atoms with E-state index in [9.17, 15) is 4.79 Å². The minimum absolute atomic E-state index is 0.0725. The highest BCUT2D eigenvalue weighted by atomic mass is 32.2. The van der Waals surface area contributed by atoms with E-state index in [4.69, 9.17) is 14.2 Å². The second-order valence-electron chi connectivity index (χ2n) is 3.81. The number of carbonyl (C=O) groups is 1. The van der Waals surface area contributed by atoms with E-state index in [1.165, 1.54) is 6.92 Å². The first-order valence-corrected chi connectivity index (χ1v) is 6.60. The highest BCUT2D eigenvalue weighted by molar-refractivity contribution is 7.99. The average Bonchev–Trinajstić information content (AvgIpc) is 2.21. The molecule has 0 radical (unpaired) electrons. The molecule has 16 heavy (non-hydrogen) atoms. The lowest BCUT2D eigenvalue weighted by Crippen LogP contribution is -2.49. The lowest BCUT2D eigenvalue weighted by molar-refractivity contribution is -0.185. The largest absolute Gasteiger partial charge is 0.457 e. The molecule has 0 aromatic carbocycles. The molecule has 4 atom stereocenters. The van der Waals surface area contributed by atoms with Gasteiger partial charge in [-0.25, -0.2) is 0 Å². The smallest absolute Gasteiger partial charge is 0.303 e. The minimum atomic E-state index is -0.295. The van der Waals surface area contributed by atoms with Gasteiger partial charge in [-0.05, 0) is 12.7 Å². The maximum atomic E-state index is 11.0. The van der Waals surface area contributed by atoms with E-state index in [0.717, 1.165) is 12.2 Å². The molecule has 94 valence electrons. The van der Waals surface area contributed by atoms with Crippen LogP contribution in [0.2, 0.25) is 0 Å². The number of rotatable bonds is 4. The summed E-state index contributed by atoms with van der Waals surface area (Å²) >= 11 is 1.75. The zero-order valence-electron chi connectivity index (χ0n) is 10.3. The van der Waals surface area contributed by atoms with Crippen molar-refractivity contribution in [3.8, 4) is 0 Å². The predicted octanol–water partition coefficient (Wildman–Crippen LogP) is 1.82. The Kier molecular flexibility index (Phi) is 5.58. The molecule has 1 saturated heterocycles. The molecule has 1 aliphatic rings. The normalized spacial score (nSPS) is 34.8. The lowest BCUT2D eigenvalue weighted by Gasteiger charge is -2.38. The summed E-state index contributed by atoms with van der Waals surface area (Å²) in [7, 11) is 1.65. The van der Waals surface area contributed by atoms with E-state index >= 15 is 0 Å². The van der Waals surface area contributed by atoms with E-state index in [0.29, 0.717) is 0 Å². The summed E-state index contributed by atoms with van der Waals surface area (Å²) in [5.74, 6) is 0.718. The molecule has 0 amide bonds. The van der Waals surface area contributed by atoms with E-state index in [1.807, 2.05) is 6.92 Å². The second-order valence-corrected chi connectivity index (χ2v) is 5.25. The summed E-state index contributed by atoms with van der Waals surface area (Å²) in [6.45, 7) is 5.42. The molecule has 0 bridgehead atoms. The molecule has 4 nitrogen and oxygen atoms in total. The van der Waals surface area contributed by atoms with Crippen molar-refractivity contribution in [3.63, 3.8) is 0 Å². The maximum Gasteiger partial charge on any atom is 0.303 e. The quantitative estimate of drug-likeness (QED) is 0.710. The molecule has 2 unspecified atom stereocenters. The molecule has 5 heteroatoms. The van der Waals surface area contributed by atoms with E-state index < -0.39 is 0 Å². The van der Waals surface area contributed by atoms with Crippen LogP contribution in [0, 0.1) is 0 Å². The third kappa shape index (κ3) is 3.64. The number of hydrogen-bond acceptors (Lipinski definition) is 5. The molecular weight excluding hydrogens is 228 g/mol. The van der Waals surface area contributed by atoms with Crippen LogP contribution in [0.4, 0.5) is 0 Å². The van der Waals surface area contributed by atoms with Crippen LogP contribution >= 0.6 is 11.8 Å². The number of thioether (sulfide) groups is 1. The molecule has 1 rings (SSSR count). The number of ether oxygens (including phenoxy) is 3. The zero-order valence-corrected chi connectivity index (χ0v) is 11.1. The molecule has 0 aliphatic carbocycles. The van der Waals surface area contributed by atoms with Gasteiger partial charge in [-0.3, -0.25) is 4.79 Å². The van der Waals surface area contributed by atoms with Crippen molar-refractivity contribution in [2.45, 2.75) is 50.9 Å². The van der Waals surface area contributed by atoms with Crippen LogP contribution in [0.5, 0.6) is 0 Å². The molecule has 0 spiro atoms. The van der Waals surface area contributed by atoms with Gasteiger partial charge < -0.3 is 14.2 Å². The van der Waals surface area contributed by atoms with Crippen molar-refractivity contribution in [2.75, 3.05) is 12.9 Å². The van der Waals surface area contributed by atoms with E-state index in [-0.39, 0.29) is 29.7 Å². The van der Waals surface area contributed by atoms with Gasteiger partial charge in [0.15, 0.2) is 6.10 Å². The van der Waals surface area contributed by atoms with Crippen LogP contribution in [0.3, 0.4) is 0 Å². The van der Waals surface area contributed by atoms with Crippen molar-refractivity contribution in [2.24, 2.45) is 0 Å². The van der Waals surface area contributed by atoms with E-state index in [1.54, 1.807) is 18.9 Å². The summed E-state index contributed by atoms with van der Waals surface area (Å²) in [6.07, 6.45) is 0.275. The Labute approximate surface area is 101 Å². The Hall–Kier alpha value is -0.260. The average molecular weight is 248 g/mol. The fourth-order valence-electron chi connectivity index (χ4n) is 1.89. The Morgan fingerprint density at radius 1 is 1.56 bits per heavy atom. The summed E-state index contributed by atoms with van der Waals surface area (Å²) in [4.78, 5) is 11.0. The predicted molar refractivity (Wildman–Crippen MR) is 63.4 cm³/mol. The van der Waals surface area contributed by atoms with Gasteiger partial charge in [0.1, 0.15) is 5.44 Å². The maximum absolute atomic E-state index is 11.0. The molecular formula is C11H20O4S. The van der Waals surface area contributed by atoms with Gasteiger partial charge in [0.2, 0.25) is 0 Å². The van der Waals surface area contributed by atoms with Gasteiger partial charge in [-0.2, -0.15) is 0 Å². The van der Waals surface area contributed by atoms with Crippen LogP contribution in [0.1, 0.15) is 27.2 Å². The number of hydrogen-bond donors (Lipinski definition) is 0. The number of methoxy groups -OCH3 is 1. The SMILES string of the molecule is CCS[C@H]1C[C@@H](OC)C(OC(C)=O)C(C)O1. The van der Waals surface area contributed by atoms with Gasteiger partial charge in [-0.1, -0.05) is 6.92 Å². The third-order valence-corrected chi connectivity index (χ3v) is 3.59. The van der Waals surface area contributed by atoms with Gasteiger partial charge in [-0.15, -0.1) is 11.8 Å². The van der Waals surface area contributed by atoms with Crippen molar-refractivity contribution in [3.05, 3.63) is 0 Å². The Morgan fingerprint density at radius 3 is 2.75 bits per heavy atom. The summed E-state index contributed by atoms with van der Waals surface area (Å²) in [6, 6.07) is 0. The number of esters is 1. The van der Waals surface area contributed by atoms with Crippen LogP contribution in [-0.2, 0) is 19.0 Å². The fourth-order valence-corrected chi connectivity index (χ4v) is 2.84. The highest BCUT2D eigenvalue weighted by Gasteiger charge is 2.38. The van der Waals surface area contributed by atoms with Crippen molar-refractivity contribution >= 4 is 17.7 Å². The fraction of sp³-hybridized carbons (Fsp3) is 0.909. The first-order valence-electron chi connectivity index (χ1n) is 5.55. The van der Waals surface area contributed by atoms with Crippen LogP contribution in [0.25, 0.3) is 0 Å². The standard InChI is InChI=1S/C11H20O4S/c1-5-16-10-6-9(13-4)11(7(2)14-10)15-8(3)12/h7,9-11H,5-6H2,1-4H3/t7?,9-,10+,11?/m1/s1. The summed E-state index contributed by atoms with van der Waals surface area (Å²) < 4.78 is 16.4. The van der Waals surface area contributed by atoms with Crippen LogP contribution in [-0.4, -0.2) is 42.6 Å². The first kappa shape index (κ1) is 13.8. The van der Waals surface area contributed by atoms with Gasteiger partial charge >= 0.3 is 5.97 Å². The lowest BCUT2D eigenvalue weighted by atomic mass is 10.0.